The van der Waals surface area contributed by atoms with Crippen molar-refractivity contribution in [1.82, 2.24) is 0 Å². The van der Waals surface area contributed by atoms with E-state index in [1.54, 1.807) is 40.9 Å². The van der Waals surface area contributed by atoms with Crippen molar-refractivity contribution in [3.63, 3.8) is 0 Å². The van der Waals surface area contributed by atoms with Gasteiger partial charge in [-0.25, -0.2) is 0 Å². The van der Waals surface area contributed by atoms with Crippen LogP contribution in [0.1, 0.15) is 115 Å². The topological polar surface area (TPSA) is 0 Å². The number of benzene rings is 1. The fourth-order valence-electron chi connectivity index (χ4n) is 6.01. The summed E-state index contributed by atoms with van der Waals surface area (Å²) >= 11 is 2.21. The molecule has 3 aromatic heterocycles. The summed E-state index contributed by atoms with van der Waals surface area (Å²) in [7, 11) is 0. The van der Waals surface area contributed by atoms with Crippen molar-refractivity contribution in [1.29, 1.82) is 0 Å². The molecule has 0 nitrogen and oxygen atoms in total. The van der Waals surface area contributed by atoms with Crippen molar-refractivity contribution in [2.45, 2.75) is 139 Å². The van der Waals surface area contributed by atoms with E-state index in [1.807, 2.05) is 0 Å². The van der Waals surface area contributed by atoms with E-state index < -0.39 is 36.8 Å². The number of hydrogen-bond donors (Lipinski definition) is 0. The van der Waals surface area contributed by atoms with Gasteiger partial charge in [0.2, 0.25) is 0 Å². The van der Waals surface area contributed by atoms with Crippen LogP contribution in [0.15, 0.2) is 18.2 Å². The Morgan fingerprint density at radius 3 is 1.43 bits per heavy atom. The van der Waals surface area contributed by atoms with Gasteiger partial charge >= 0.3 is 230 Å². The molecule has 0 aliphatic heterocycles. The summed E-state index contributed by atoms with van der Waals surface area (Å²) in [5.41, 5.74) is 0. The first-order chi connectivity index (χ1) is 19.0. The molecule has 0 atom stereocenters. The number of rotatable bonds is 17. The zero-order chi connectivity index (χ0) is 28.9. The molecule has 0 fully saturated rings. The Bertz CT molecular complexity index is 1260. The Kier molecular flexibility index (Phi) is 12.7. The SMILES string of the molecule is CCCCCCCCC(CCCCCCCC)c1cc2c3c[c]([Sn]([CH3])([CH3])[CH3])sc3c3s[c]([Sn]([CH3])([CH3])[CH3])cc3c2s1. The Morgan fingerprint density at radius 2 is 0.925 bits per heavy atom. The molecule has 0 saturated heterocycles. The van der Waals surface area contributed by atoms with Gasteiger partial charge in [0, 0.05) is 0 Å². The van der Waals surface area contributed by atoms with Crippen LogP contribution >= 0.6 is 34.0 Å². The second-order valence-electron chi connectivity index (χ2n) is 14.4. The van der Waals surface area contributed by atoms with Crippen molar-refractivity contribution >= 4 is 107 Å². The van der Waals surface area contributed by atoms with Crippen LogP contribution in [0.25, 0.3) is 30.3 Å². The quantitative estimate of drug-likeness (QED) is 0.0736. The minimum absolute atomic E-state index is 0.750. The summed E-state index contributed by atoms with van der Waals surface area (Å²) in [6.45, 7) is 4.66. The van der Waals surface area contributed by atoms with E-state index in [-0.39, 0.29) is 0 Å². The van der Waals surface area contributed by atoms with Gasteiger partial charge in [-0.05, 0) is 0 Å². The van der Waals surface area contributed by atoms with E-state index >= 15 is 0 Å². The van der Waals surface area contributed by atoms with Gasteiger partial charge in [-0.1, -0.05) is 39.5 Å². The molecular weight excluding hydrogens is 754 g/mol. The van der Waals surface area contributed by atoms with E-state index in [4.69, 9.17) is 0 Å². The van der Waals surface area contributed by atoms with Gasteiger partial charge < -0.3 is 0 Å². The van der Waals surface area contributed by atoms with Crippen LogP contribution in [0.4, 0.5) is 0 Å². The fraction of sp³-hybridized carbons (Fsp3) is 0.657. The molecule has 0 bridgehead atoms. The maximum atomic E-state index is 2.69. The molecule has 0 radical (unpaired) electrons. The summed E-state index contributed by atoms with van der Waals surface area (Å²) in [6, 6.07) is 8.01. The molecule has 0 saturated carbocycles. The third-order valence-electron chi connectivity index (χ3n) is 8.65. The van der Waals surface area contributed by atoms with Crippen molar-refractivity contribution in [3.05, 3.63) is 23.1 Å². The predicted molar refractivity (Wildman–Crippen MR) is 197 cm³/mol. The Labute approximate surface area is 266 Å². The van der Waals surface area contributed by atoms with E-state index in [9.17, 15) is 0 Å². The van der Waals surface area contributed by atoms with Crippen molar-refractivity contribution in [2.24, 2.45) is 0 Å². The fourth-order valence-corrected chi connectivity index (χ4v) is 20.3. The van der Waals surface area contributed by atoms with Crippen molar-refractivity contribution < 1.29 is 0 Å². The summed E-state index contributed by atoms with van der Waals surface area (Å²) in [6.07, 6.45) is 19.7. The van der Waals surface area contributed by atoms with E-state index in [1.165, 1.54) is 89.9 Å². The third kappa shape index (κ3) is 8.44. The first-order valence-electron chi connectivity index (χ1n) is 16.5. The molecule has 5 heteroatoms. The molecule has 222 valence electrons. The van der Waals surface area contributed by atoms with Gasteiger partial charge in [0.1, 0.15) is 0 Å². The standard InChI is InChI=1S/C29H38S3.6CH3.2Sn/c1-3-5-7-9-11-13-15-22(16-14-12-10-8-6-4-2)26-21-25-23-17-19-30-28(23)29-24(18-20-31-29)27(25)32-26;;;;;;;;/h17-18,21-22H,3-16H2,1-2H3;6*1H3;;. The van der Waals surface area contributed by atoms with Crippen LogP contribution in [0.2, 0.25) is 29.6 Å². The molecule has 0 spiro atoms. The van der Waals surface area contributed by atoms with Crippen LogP contribution in [-0.4, -0.2) is 36.8 Å². The molecule has 40 heavy (non-hydrogen) atoms. The summed E-state index contributed by atoms with van der Waals surface area (Å²) < 4.78 is 8.34. The Balaban J connectivity index is 1.71. The van der Waals surface area contributed by atoms with Crippen LogP contribution in [0, 0.1) is 0 Å². The van der Waals surface area contributed by atoms with Gasteiger partial charge in [0.25, 0.3) is 0 Å². The second-order valence-corrected chi connectivity index (χ2v) is 48.4. The third-order valence-corrected chi connectivity index (χ3v) is 31.3. The average molecular weight is 810 g/mol. The van der Waals surface area contributed by atoms with Gasteiger partial charge in [0.05, 0.1) is 0 Å². The van der Waals surface area contributed by atoms with Crippen LogP contribution < -0.4 is 5.79 Å². The molecule has 0 unspecified atom stereocenters. The molecule has 4 aromatic rings. The number of fused-ring (bicyclic) bond motifs is 6. The Hall–Kier alpha value is 0.697. The Morgan fingerprint density at radius 1 is 0.500 bits per heavy atom. The summed E-state index contributed by atoms with van der Waals surface area (Å²) in [5.74, 6) is 0.750. The number of unbranched alkanes of at least 4 members (excludes halogenated alkanes) is 10. The summed E-state index contributed by atoms with van der Waals surface area (Å²) in [4.78, 5) is 17.3. The van der Waals surface area contributed by atoms with Gasteiger partial charge in [-0.15, -0.1) is 0 Å². The molecule has 4 rings (SSSR count). The normalized spacial score (nSPS) is 13.1. The second kappa shape index (κ2) is 15.1. The number of hydrogen-bond acceptors (Lipinski definition) is 3. The van der Waals surface area contributed by atoms with E-state index in [0.717, 1.165) is 5.92 Å². The summed E-state index contributed by atoms with van der Waals surface area (Å²) in [5, 5.41) is 4.78. The zero-order valence-electron chi connectivity index (χ0n) is 26.9. The molecule has 3 heterocycles. The molecule has 1 aromatic carbocycles. The van der Waals surface area contributed by atoms with Crippen LogP contribution in [-0.2, 0) is 0 Å². The van der Waals surface area contributed by atoms with Crippen LogP contribution in [0.3, 0.4) is 0 Å². The minimum atomic E-state index is -2.16. The monoisotopic (exact) mass is 812 g/mol. The maximum absolute atomic E-state index is 2.69. The van der Waals surface area contributed by atoms with E-state index in [0.29, 0.717) is 0 Å². The average Bonchev–Trinajstić information content (AvgIpc) is 3.62. The van der Waals surface area contributed by atoms with Crippen molar-refractivity contribution in [2.75, 3.05) is 0 Å². The van der Waals surface area contributed by atoms with Gasteiger partial charge in [-0.2, -0.15) is 0 Å². The van der Waals surface area contributed by atoms with Gasteiger partial charge in [-0.3, -0.25) is 0 Å². The first kappa shape index (κ1) is 33.6. The first-order valence-corrected chi connectivity index (χ1v) is 38.9. The molecule has 0 N–H and O–H groups in total. The zero-order valence-corrected chi connectivity index (χ0v) is 35.1. The van der Waals surface area contributed by atoms with E-state index in [2.05, 4.69) is 95.7 Å². The molecule has 0 aliphatic carbocycles. The number of thiophene rings is 3. The molecule has 0 amide bonds. The molecular formula is C35H56S3Sn2. The van der Waals surface area contributed by atoms with Gasteiger partial charge in [0.15, 0.2) is 0 Å². The predicted octanol–water partition coefficient (Wildman–Crippen LogP) is 13.0. The molecule has 0 aliphatic rings. The van der Waals surface area contributed by atoms with Crippen molar-refractivity contribution in [3.8, 4) is 0 Å². The van der Waals surface area contributed by atoms with Crippen LogP contribution in [0.5, 0.6) is 0 Å².